The summed E-state index contributed by atoms with van der Waals surface area (Å²) in [6.45, 7) is 6.14. The van der Waals surface area contributed by atoms with E-state index < -0.39 is 0 Å². The Labute approximate surface area is 162 Å². The van der Waals surface area contributed by atoms with Crippen molar-refractivity contribution in [1.29, 1.82) is 0 Å². The van der Waals surface area contributed by atoms with Crippen LogP contribution in [0.15, 0.2) is 41.5 Å². The molecule has 6 nitrogen and oxygen atoms in total. The van der Waals surface area contributed by atoms with Gasteiger partial charge in [-0.25, -0.2) is 0 Å². The summed E-state index contributed by atoms with van der Waals surface area (Å²) in [5, 5.41) is 6.65. The van der Waals surface area contributed by atoms with Crippen LogP contribution < -0.4 is 20.1 Å². The average Bonchev–Trinajstić information content (AvgIpc) is 2.69. The van der Waals surface area contributed by atoms with Gasteiger partial charge in [0.2, 0.25) is 0 Å². The molecule has 1 aromatic heterocycles. The van der Waals surface area contributed by atoms with Crippen LogP contribution in [0.25, 0.3) is 0 Å². The van der Waals surface area contributed by atoms with Gasteiger partial charge >= 0.3 is 0 Å². The van der Waals surface area contributed by atoms with Crippen LogP contribution in [-0.4, -0.2) is 38.3 Å². The number of benzene rings is 1. The number of hydrogen-bond acceptors (Lipinski definition) is 4. The second-order valence-electron chi connectivity index (χ2n) is 6.14. The maximum atomic E-state index is 5.64. The summed E-state index contributed by atoms with van der Waals surface area (Å²) >= 11 is 0. The number of nitrogens with one attached hydrogen (secondary N) is 2. The third-order valence-electron chi connectivity index (χ3n) is 4.23. The number of pyridine rings is 1. The first-order valence-corrected chi connectivity index (χ1v) is 9.32. The molecule has 0 saturated carbocycles. The minimum Gasteiger partial charge on any atom is -0.493 e. The zero-order chi connectivity index (χ0) is 19.5. The Morgan fingerprint density at radius 2 is 2.04 bits per heavy atom. The van der Waals surface area contributed by atoms with E-state index in [1.165, 1.54) is 11.1 Å². The molecule has 6 heteroatoms. The first kappa shape index (κ1) is 20.6. The molecule has 0 atom stereocenters. The molecule has 1 heterocycles. The number of methoxy groups -OCH3 is 1. The minimum absolute atomic E-state index is 0.624. The second kappa shape index (κ2) is 11.1. The lowest BCUT2D eigenvalue weighted by atomic mass is 10.1. The largest absolute Gasteiger partial charge is 0.493 e. The average molecular weight is 370 g/mol. The molecular formula is C21H30N4O2. The van der Waals surface area contributed by atoms with Gasteiger partial charge in [-0.1, -0.05) is 12.1 Å². The molecule has 0 spiro atoms. The second-order valence-corrected chi connectivity index (χ2v) is 6.14. The van der Waals surface area contributed by atoms with Crippen molar-refractivity contribution in [3.05, 3.63) is 53.3 Å². The van der Waals surface area contributed by atoms with Gasteiger partial charge < -0.3 is 20.1 Å². The zero-order valence-corrected chi connectivity index (χ0v) is 16.7. The first-order valence-electron chi connectivity index (χ1n) is 9.32. The first-order chi connectivity index (χ1) is 13.2. The Morgan fingerprint density at radius 3 is 2.74 bits per heavy atom. The lowest BCUT2D eigenvalue weighted by molar-refractivity contribution is 0.310. The molecule has 1 aromatic carbocycles. The quantitative estimate of drug-likeness (QED) is 0.403. The SMILES string of the molecule is CCOc1cc(CCCNC(=NC)NCc2ncccc2C)ccc1OC. The van der Waals surface area contributed by atoms with Crippen molar-refractivity contribution < 1.29 is 9.47 Å². The Bertz CT molecular complexity index is 747. The monoisotopic (exact) mass is 370 g/mol. The summed E-state index contributed by atoms with van der Waals surface area (Å²) in [4.78, 5) is 8.66. The molecule has 2 aromatic rings. The summed E-state index contributed by atoms with van der Waals surface area (Å²) in [6, 6.07) is 10.1. The van der Waals surface area contributed by atoms with Gasteiger partial charge in [0, 0.05) is 19.8 Å². The van der Waals surface area contributed by atoms with Gasteiger partial charge in [-0.05, 0) is 56.0 Å². The summed E-state index contributed by atoms with van der Waals surface area (Å²) in [6.07, 6.45) is 3.75. The van der Waals surface area contributed by atoms with Crippen molar-refractivity contribution in [1.82, 2.24) is 15.6 Å². The van der Waals surface area contributed by atoms with Crippen LogP contribution in [0.5, 0.6) is 11.5 Å². The van der Waals surface area contributed by atoms with Crippen LogP contribution in [0, 0.1) is 6.92 Å². The molecule has 27 heavy (non-hydrogen) atoms. The maximum Gasteiger partial charge on any atom is 0.191 e. The number of aliphatic imine (C=N–C) groups is 1. The Balaban J connectivity index is 1.78. The molecule has 0 aliphatic rings. The highest BCUT2D eigenvalue weighted by molar-refractivity contribution is 5.79. The van der Waals surface area contributed by atoms with E-state index >= 15 is 0 Å². The van der Waals surface area contributed by atoms with Crippen LogP contribution in [0.3, 0.4) is 0 Å². The fourth-order valence-corrected chi connectivity index (χ4v) is 2.74. The molecule has 0 bridgehead atoms. The predicted octanol–water partition coefficient (Wildman–Crippen LogP) is 3.10. The van der Waals surface area contributed by atoms with Gasteiger partial charge in [-0.2, -0.15) is 0 Å². The Hall–Kier alpha value is -2.76. The van der Waals surface area contributed by atoms with E-state index in [-0.39, 0.29) is 0 Å². The van der Waals surface area contributed by atoms with Crippen molar-refractivity contribution in [3.8, 4) is 11.5 Å². The van der Waals surface area contributed by atoms with Gasteiger partial charge in [-0.15, -0.1) is 0 Å². The number of aromatic nitrogens is 1. The molecule has 2 N–H and O–H groups in total. The standard InChI is InChI=1S/C21H30N4O2/c1-5-27-20-14-17(10-11-19(20)26-4)9-7-13-24-21(22-3)25-15-18-16(2)8-6-12-23-18/h6,8,10-12,14H,5,7,9,13,15H2,1-4H3,(H2,22,24,25). The zero-order valence-electron chi connectivity index (χ0n) is 16.7. The van der Waals surface area contributed by atoms with Crippen molar-refractivity contribution in [3.63, 3.8) is 0 Å². The van der Waals surface area contributed by atoms with E-state index in [9.17, 15) is 0 Å². The Kier molecular flexibility index (Phi) is 8.42. The molecule has 146 valence electrons. The number of ether oxygens (including phenoxy) is 2. The molecule has 0 unspecified atom stereocenters. The molecule has 0 aliphatic carbocycles. The highest BCUT2D eigenvalue weighted by atomic mass is 16.5. The lowest BCUT2D eigenvalue weighted by Crippen LogP contribution is -2.37. The third-order valence-corrected chi connectivity index (χ3v) is 4.23. The van der Waals surface area contributed by atoms with Crippen LogP contribution >= 0.6 is 0 Å². The van der Waals surface area contributed by atoms with Gasteiger partial charge in [0.05, 0.1) is 26.0 Å². The van der Waals surface area contributed by atoms with Gasteiger partial charge in [-0.3, -0.25) is 9.98 Å². The van der Waals surface area contributed by atoms with Crippen molar-refractivity contribution in [2.75, 3.05) is 27.3 Å². The molecule has 2 rings (SSSR count). The number of nitrogens with zero attached hydrogens (tertiary/aromatic N) is 2. The smallest absolute Gasteiger partial charge is 0.191 e. The number of guanidine groups is 1. The Morgan fingerprint density at radius 1 is 1.19 bits per heavy atom. The molecule has 0 amide bonds. The minimum atomic E-state index is 0.624. The van der Waals surface area contributed by atoms with Gasteiger partial charge in [0.25, 0.3) is 0 Å². The number of rotatable bonds is 9. The lowest BCUT2D eigenvalue weighted by Gasteiger charge is -2.13. The molecule has 0 fully saturated rings. The highest BCUT2D eigenvalue weighted by Crippen LogP contribution is 2.28. The molecular weight excluding hydrogens is 340 g/mol. The normalized spacial score (nSPS) is 11.2. The summed E-state index contributed by atoms with van der Waals surface area (Å²) in [5.74, 6) is 2.35. The van der Waals surface area contributed by atoms with E-state index in [0.29, 0.717) is 13.2 Å². The maximum absolute atomic E-state index is 5.64. The van der Waals surface area contributed by atoms with E-state index in [1.807, 2.05) is 25.3 Å². The van der Waals surface area contributed by atoms with Crippen LogP contribution in [0.1, 0.15) is 30.2 Å². The number of hydrogen-bond donors (Lipinski definition) is 2. The third kappa shape index (κ3) is 6.47. The van der Waals surface area contributed by atoms with Gasteiger partial charge in [0.1, 0.15) is 0 Å². The molecule has 0 radical (unpaired) electrons. The van der Waals surface area contributed by atoms with E-state index in [1.54, 1.807) is 14.2 Å². The summed E-state index contributed by atoms with van der Waals surface area (Å²) < 4.78 is 11.0. The molecule has 0 aliphatic heterocycles. The van der Waals surface area contributed by atoms with Crippen LogP contribution in [-0.2, 0) is 13.0 Å². The predicted molar refractivity (Wildman–Crippen MR) is 110 cm³/mol. The highest BCUT2D eigenvalue weighted by Gasteiger charge is 2.06. The molecule has 0 saturated heterocycles. The fourth-order valence-electron chi connectivity index (χ4n) is 2.74. The number of aryl methyl sites for hydroxylation is 2. The van der Waals surface area contributed by atoms with Gasteiger partial charge in [0.15, 0.2) is 17.5 Å². The van der Waals surface area contributed by atoms with Crippen molar-refractivity contribution in [2.45, 2.75) is 33.2 Å². The van der Waals surface area contributed by atoms with E-state index in [0.717, 1.165) is 42.5 Å². The topological polar surface area (TPSA) is 67.8 Å². The van der Waals surface area contributed by atoms with Crippen LogP contribution in [0.4, 0.5) is 0 Å². The van der Waals surface area contributed by atoms with E-state index in [4.69, 9.17) is 9.47 Å². The van der Waals surface area contributed by atoms with Crippen LogP contribution in [0.2, 0.25) is 0 Å². The summed E-state index contributed by atoms with van der Waals surface area (Å²) in [5.41, 5.74) is 3.43. The van der Waals surface area contributed by atoms with Crippen molar-refractivity contribution >= 4 is 5.96 Å². The summed E-state index contributed by atoms with van der Waals surface area (Å²) in [7, 11) is 3.44. The van der Waals surface area contributed by atoms with Crippen molar-refractivity contribution in [2.24, 2.45) is 4.99 Å². The fraction of sp³-hybridized carbons (Fsp3) is 0.429. The van der Waals surface area contributed by atoms with E-state index in [2.05, 4.69) is 45.7 Å².